The van der Waals surface area contributed by atoms with Crippen LogP contribution in [0.4, 0.5) is 4.79 Å². The Morgan fingerprint density at radius 2 is 1.90 bits per heavy atom. The van der Waals surface area contributed by atoms with Crippen LogP contribution in [0.3, 0.4) is 0 Å². The van der Waals surface area contributed by atoms with Gasteiger partial charge in [0.05, 0.1) is 6.04 Å². The summed E-state index contributed by atoms with van der Waals surface area (Å²) in [7, 11) is 1.39. The summed E-state index contributed by atoms with van der Waals surface area (Å²) in [6.07, 6.45) is 2.10. The predicted octanol–water partition coefficient (Wildman–Crippen LogP) is 2.49. The highest BCUT2D eigenvalue weighted by Gasteiger charge is 2.35. The fraction of sp³-hybridized carbons (Fsp3) is 0.842. The number of piperazine rings is 1. The summed E-state index contributed by atoms with van der Waals surface area (Å²) < 4.78 is 15.4. The molecule has 0 aromatic heterocycles. The Morgan fingerprint density at radius 1 is 1.17 bits per heavy atom. The average molecular weight is 428 g/mol. The summed E-state index contributed by atoms with van der Waals surface area (Å²) >= 11 is 0. The highest BCUT2D eigenvalue weighted by molar-refractivity contribution is 5.77. The van der Waals surface area contributed by atoms with Crippen LogP contribution in [0, 0.1) is 0 Å². The molecule has 1 fully saturated rings. The first-order valence-electron chi connectivity index (χ1n) is 10.1. The molecular weight excluding hydrogens is 394 g/mol. The van der Waals surface area contributed by atoms with Crippen molar-refractivity contribution in [3.8, 4) is 0 Å². The minimum atomic E-state index is -0.656. The van der Waals surface area contributed by atoms with Crippen LogP contribution in [0.25, 0.3) is 10.4 Å². The molecule has 1 aliphatic heterocycles. The predicted molar refractivity (Wildman–Crippen MR) is 109 cm³/mol. The maximum atomic E-state index is 12.6. The maximum absolute atomic E-state index is 12.6. The smallest absolute Gasteiger partial charge is 0.410 e. The summed E-state index contributed by atoms with van der Waals surface area (Å²) in [6, 6.07) is -0.497. The van der Waals surface area contributed by atoms with Crippen LogP contribution in [0.5, 0.6) is 0 Å². The summed E-state index contributed by atoms with van der Waals surface area (Å²) in [5.41, 5.74) is 7.60. The molecule has 2 amide bonds. The number of nitrogens with zero attached hydrogens (tertiary/aromatic N) is 5. The monoisotopic (exact) mass is 427 g/mol. The molecule has 0 radical (unpaired) electrons. The van der Waals surface area contributed by atoms with Gasteiger partial charge in [-0.1, -0.05) is 11.5 Å². The van der Waals surface area contributed by atoms with Crippen LogP contribution in [-0.2, 0) is 23.8 Å². The molecule has 170 valence electrons. The number of methoxy groups -OCH3 is 1. The number of hydrogen-bond donors (Lipinski definition) is 0. The van der Waals surface area contributed by atoms with Crippen molar-refractivity contribution in [3.63, 3.8) is 0 Å². The minimum Gasteiger partial charge on any atom is -0.462 e. The van der Waals surface area contributed by atoms with E-state index in [2.05, 4.69) is 10.0 Å². The number of rotatable bonds is 10. The molecular formula is C19H33N5O6. The second kappa shape index (κ2) is 12.9. The fourth-order valence-electron chi connectivity index (χ4n) is 2.97. The third-order valence-corrected chi connectivity index (χ3v) is 4.37. The van der Waals surface area contributed by atoms with E-state index in [0.29, 0.717) is 32.5 Å². The lowest BCUT2D eigenvalue weighted by molar-refractivity contribution is -0.151. The minimum absolute atomic E-state index is 0.0177. The van der Waals surface area contributed by atoms with Gasteiger partial charge in [-0.25, -0.2) is 9.59 Å². The third-order valence-electron chi connectivity index (χ3n) is 4.37. The van der Waals surface area contributed by atoms with Gasteiger partial charge in [0.1, 0.15) is 18.8 Å². The van der Waals surface area contributed by atoms with Gasteiger partial charge >= 0.3 is 12.1 Å². The second-order valence-electron chi connectivity index (χ2n) is 8.05. The van der Waals surface area contributed by atoms with E-state index in [-0.39, 0.29) is 25.7 Å². The Kier molecular flexibility index (Phi) is 11.0. The van der Waals surface area contributed by atoms with Crippen molar-refractivity contribution in [1.29, 1.82) is 0 Å². The molecule has 1 unspecified atom stereocenters. The van der Waals surface area contributed by atoms with Crippen LogP contribution >= 0.6 is 0 Å². The molecule has 0 spiro atoms. The van der Waals surface area contributed by atoms with Gasteiger partial charge in [-0.3, -0.25) is 9.69 Å². The van der Waals surface area contributed by atoms with Crippen molar-refractivity contribution in [2.75, 3.05) is 46.5 Å². The normalized spacial score (nSPS) is 16.6. The molecule has 1 atom stereocenters. The SMILES string of the molecule is COCC(=O)OCC1CN(C(=O)CCCCCN=[N+]=[N-])CCN1C(=O)OC(C)(C)C. The van der Waals surface area contributed by atoms with Gasteiger partial charge in [0.2, 0.25) is 5.91 Å². The van der Waals surface area contributed by atoms with Crippen molar-refractivity contribution in [1.82, 2.24) is 9.80 Å². The van der Waals surface area contributed by atoms with Gasteiger partial charge in [0.15, 0.2) is 0 Å². The molecule has 0 aromatic carbocycles. The Morgan fingerprint density at radius 3 is 2.53 bits per heavy atom. The van der Waals surface area contributed by atoms with Gasteiger partial charge in [0.25, 0.3) is 0 Å². The number of esters is 1. The molecule has 0 aliphatic carbocycles. The van der Waals surface area contributed by atoms with E-state index in [0.717, 1.165) is 12.8 Å². The van der Waals surface area contributed by atoms with E-state index < -0.39 is 23.7 Å². The molecule has 1 aliphatic rings. The molecule has 0 aromatic rings. The number of carbonyl (C=O) groups excluding carboxylic acids is 3. The number of carbonyl (C=O) groups is 3. The second-order valence-corrected chi connectivity index (χ2v) is 8.05. The van der Waals surface area contributed by atoms with E-state index in [1.165, 1.54) is 12.0 Å². The van der Waals surface area contributed by atoms with Crippen LogP contribution in [0.15, 0.2) is 5.11 Å². The summed E-state index contributed by atoms with van der Waals surface area (Å²) in [4.78, 5) is 42.7. The molecule has 1 heterocycles. The molecule has 30 heavy (non-hydrogen) atoms. The molecule has 1 rings (SSSR count). The van der Waals surface area contributed by atoms with Crippen molar-refractivity contribution in [3.05, 3.63) is 10.4 Å². The number of azide groups is 1. The Balaban J connectivity index is 2.66. The van der Waals surface area contributed by atoms with Crippen molar-refractivity contribution >= 4 is 18.0 Å². The Hall–Kier alpha value is -2.52. The third kappa shape index (κ3) is 9.80. The van der Waals surface area contributed by atoms with E-state index in [9.17, 15) is 14.4 Å². The standard InChI is InChI=1S/C19H33N5O6/c1-19(2,3)30-18(27)24-11-10-23(12-15(24)13-29-17(26)14-28-4)16(25)8-6-5-7-9-21-22-20/h15H,5-14H2,1-4H3. The van der Waals surface area contributed by atoms with E-state index in [1.54, 1.807) is 25.7 Å². The number of amides is 2. The van der Waals surface area contributed by atoms with Crippen LogP contribution in [0.2, 0.25) is 0 Å². The maximum Gasteiger partial charge on any atom is 0.410 e. The van der Waals surface area contributed by atoms with Gasteiger partial charge < -0.3 is 19.1 Å². The molecule has 11 nitrogen and oxygen atoms in total. The average Bonchev–Trinajstić information content (AvgIpc) is 2.67. The van der Waals surface area contributed by atoms with Crippen LogP contribution in [0.1, 0.15) is 46.5 Å². The zero-order chi connectivity index (χ0) is 22.6. The number of ether oxygens (including phenoxy) is 3. The van der Waals surface area contributed by atoms with Gasteiger partial charge in [0, 0.05) is 44.6 Å². The topological polar surface area (TPSA) is 134 Å². The molecule has 11 heteroatoms. The molecule has 0 bridgehead atoms. The zero-order valence-corrected chi connectivity index (χ0v) is 18.3. The molecule has 0 saturated carbocycles. The summed E-state index contributed by atoms with van der Waals surface area (Å²) in [5, 5.41) is 3.47. The molecule has 1 saturated heterocycles. The summed E-state index contributed by atoms with van der Waals surface area (Å²) in [6.45, 7) is 6.48. The van der Waals surface area contributed by atoms with E-state index in [1.807, 2.05) is 0 Å². The molecule has 0 N–H and O–H groups in total. The van der Waals surface area contributed by atoms with Gasteiger partial charge in [-0.15, -0.1) is 0 Å². The zero-order valence-electron chi connectivity index (χ0n) is 18.3. The van der Waals surface area contributed by atoms with Gasteiger partial charge in [-0.05, 0) is 39.1 Å². The quantitative estimate of drug-likeness (QED) is 0.173. The van der Waals surface area contributed by atoms with E-state index >= 15 is 0 Å². The largest absolute Gasteiger partial charge is 0.462 e. The lowest BCUT2D eigenvalue weighted by Gasteiger charge is -2.41. The first-order valence-corrected chi connectivity index (χ1v) is 10.1. The summed E-state index contributed by atoms with van der Waals surface area (Å²) in [5.74, 6) is -0.555. The van der Waals surface area contributed by atoms with Crippen LogP contribution in [-0.4, -0.2) is 85.9 Å². The van der Waals surface area contributed by atoms with Crippen LogP contribution < -0.4 is 0 Å². The highest BCUT2D eigenvalue weighted by atomic mass is 16.6. The highest BCUT2D eigenvalue weighted by Crippen LogP contribution is 2.17. The first-order chi connectivity index (χ1) is 14.2. The van der Waals surface area contributed by atoms with Crippen molar-refractivity contribution in [2.45, 2.75) is 58.1 Å². The van der Waals surface area contributed by atoms with Crippen molar-refractivity contribution < 1.29 is 28.6 Å². The van der Waals surface area contributed by atoms with Crippen molar-refractivity contribution in [2.24, 2.45) is 5.11 Å². The number of unbranched alkanes of at least 4 members (excludes halogenated alkanes) is 2. The Bertz CT molecular complexity index is 629. The first kappa shape index (κ1) is 25.5. The fourth-order valence-corrected chi connectivity index (χ4v) is 2.97. The Labute approximate surface area is 177 Å². The van der Waals surface area contributed by atoms with E-state index in [4.69, 9.17) is 19.7 Å². The lowest BCUT2D eigenvalue weighted by atomic mass is 10.1. The number of hydrogen-bond acceptors (Lipinski definition) is 7. The van der Waals surface area contributed by atoms with Gasteiger partial charge in [-0.2, -0.15) is 0 Å². The lowest BCUT2D eigenvalue weighted by Crippen LogP contribution is -2.59.